The molecule has 0 saturated carbocycles. The molecule has 0 radical (unpaired) electrons. The number of thiazole rings is 1. The van der Waals surface area contributed by atoms with Crippen molar-refractivity contribution in [3.05, 3.63) is 16.6 Å². The molecule has 2 rings (SSSR count). The molecule has 1 aromatic rings. The van der Waals surface area contributed by atoms with Crippen LogP contribution in [0.25, 0.3) is 0 Å². The maximum Gasteiger partial charge on any atom is 0.246 e. The van der Waals surface area contributed by atoms with E-state index in [4.69, 9.17) is 4.74 Å². The molecule has 1 aliphatic rings. The smallest absolute Gasteiger partial charge is 0.246 e. The Morgan fingerprint density at radius 1 is 1.67 bits per heavy atom. The highest BCUT2D eigenvalue weighted by molar-refractivity contribution is 7.09. The van der Waals surface area contributed by atoms with Crippen LogP contribution in [0.1, 0.15) is 25.8 Å². The van der Waals surface area contributed by atoms with Gasteiger partial charge in [0.05, 0.1) is 11.1 Å². The molecule has 0 spiro atoms. The van der Waals surface area contributed by atoms with Crippen LogP contribution in [0.15, 0.2) is 11.6 Å². The summed E-state index contributed by atoms with van der Waals surface area (Å²) in [5, 5.41) is 8.87. The lowest BCUT2D eigenvalue weighted by Gasteiger charge is -2.39. The molecule has 1 amide bonds. The van der Waals surface area contributed by atoms with Gasteiger partial charge >= 0.3 is 0 Å². The lowest BCUT2D eigenvalue weighted by molar-refractivity contribution is -0.137. The Morgan fingerprint density at radius 3 is 2.89 bits per heavy atom. The maximum atomic E-state index is 11.9. The van der Waals surface area contributed by atoms with E-state index in [1.807, 2.05) is 26.2 Å². The predicted octanol–water partition coefficient (Wildman–Crippen LogP) is 0.873. The molecule has 18 heavy (non-hydrogen) atoms. The van der Waals surface area contributed by atoms with Crippen LogP contribution in [0.2, 0.25) is 0 Å². The zero-order valence-corrected chi connectivity index (χ0v) is 11.8. The number of aromatic nitrogens is 1. The van der Waals surface area contributed by atoms with Gasteiger partial charge < -0.3 is 15.4 Å². The fraction of sp³-hybridized carbons (Fsp3) is 0.667. The molecular weight excluding hydrogens is 250 g/mol. The van der Waals surface area contributed by atoms with Crippen LogP contribution in [0, 0.1) is 0 Å². The number of ether oxygens (including phenoxy) is 1. The van der Waals surface area contributed by atoms with Crippen LogP contribution in [0.4, 0.5) is 0 Å². The van der Waals surface area contributed by atoms with Gasteiger partial charge in [-0.05, 0) is 20.8 Å². The van der Waals surface area contributed by atoms with Gasteiger partial charge in [-0.2, -0.15) is 0 Å². The maximum absolute atomic E-state index is 11.9. The second-order valence-electron chi connectivity index (χ2n) is 5.35. The SMILES string of the molecule is CC1(OCC(=O)NC(C)(C)c2nccs2)CNC1. The number of carbonyl (C=O) groups excluding carboxylic acids is 1. The topological polar surface area (TPSA) is 63.2 Å². The molecule has 0 unspecified atom stereocenters. The number of hydrogen-bond donors (Lipinski definition) is 2. The van der Waals surface area contributed by atoms with Crippen LogP contribution >= 0.6 is 11.3 Å². The quantitative estimate of drug-likeness (QED) is 0.832. The van der Waals surface area contributed by atoms with Crippen molar-refractivity contribution in [2.24, 2.45) is 0 Å². The minimum Gasteiger partial charge on any atom is -0.363 e. The summed E-state index contributed by atoms with van der Waals surface area (Å²) < 4.78 is 5.60. The lowest BCUT2D eigenvalue weighted by atomic mass is 10.0. The van der Waals surface area contributed by atoms with Crippen LogP contribution in [-0.4, -0.2) is 36.2 Å². The molecule has 2 heterocycles. The second kappa shape index (κ2) is 4.95. The van der Waals surface area contributed by atoms with Crippen molar-refractivity contribution in [3.63, 3.8) is 0 Å². The highest BCUT2D eigenvalue weighted by Crippen LogP contribution is 2.22. The third-order valence-corrected chi connectivity index (χ3v) is 4.07. The van der Waals surface area contributed by atoms with Gasteiger partial charge in [0.1, 0.15) is 11.6 Å². The fourth-order valence-corrected chi connectivity index (χ4v) is 2.51. The standard InChI is InChI=1S/C12H19N3O2S/c1-11(2,10-14-4-5-18-10)15-9(16)6-17-12(3)7-13-8-12/h4-5,13H,6-8H2,1-3H3,(H,15,16). The van der Waals surface area contributed by atoms with E-state index in [1.165, 1.54) is 11.3 Å². The first-order valence-electron chi connectivity index (χ1n) is 5.97. The Hall–Kier alpha value is -0.980. The summed E-state index contributed by atoms with van der Waals surface area (Å²) in [6.07, 6.45) is 1.74. The molecule has 2 N–H and O–H groups in total. The number of amides is 1. The molecule has 5 nitrogen and oxygen atoms in total. The first-order valence-corrected chi connectivity index (χ1v) is 6.85. The zero-order chi connectivity index (χ0) is 13.2. The van der Waals surface area contributed by atoms with Crippen LogP contribution in [-0.2, 0) is 15.1 Å². The predicted molar refractivity (Wildman–Crippen MR) is 70.5 cm³/mol. The van der Waals surface area contributed by atoms with E-state index in [9.17, 15) is 4.79 Å². The number of nitrogens with zero attached hydrogens (tertiary/aromatic N) is 1. The van der Waals surface area contributed by atoms with Crippen molar-refractivity contribution in [1.29, 1.82) is 0 Å². The van der Waals surface area contributed by atoms with E-state index >= 15 is 0 Å². The van der Waals surface area contributed by atoms with Gasteiger partial charge in [0.2, 0.25) is 5.91 Å². The number of hydrogen-bond acceptors (Lipinski definition) is 5. The van der Waals surface area contributed by atoms with E-state index in [2.05, 4.69) is 15.6 Å². The fourth-order valence-electron chi connectivity index (χ4n) is 1.79. The lowest BCUT2D eigenvalue weighted by Crippen LogP contribution is -2.60. The molecule has 0 aliphatic carbocycles. The molecule has 100 valence electrons. The summed E-state index contributed by atoms with van der Waals surface area (Å²) >= 11 is 1.53. The first-order chi connectivity index (χ1) is 8.41. The van der Waals surface area contributed by atoms with Gasteiger partial charge in [0.25, 0.3) is 0 Å². The minimum absolute atomic E-state index is 0.0903. The van der Waals surface area contributed by atoms with Crippen LogP contribution in [0.3, 0.4) is 0 Å². The Labute approximate surface area is 111 Å². The van der Waals surface area contributed by atoms with Gasteiger partial charge in [-0.25, -0.2) is 4.98 Å². The molecule has 0 aromatic carbocycles. The summed E-state index contributed by atoms with van der Waals surface area (Å²) in [6, 6.07) is 0. The summed E-state index contributed by atoms with van der Waals surface area (Å²) in [6.45, 7) is 7.58. The average molecular weight is 269 g/mol. The summed E-state index contributed by atoms with van der Waals surface area (Å²) in [7, 11) is 0. The van der Waals surface area contributed by atoms with Crippen molar-refractivity contribution >= 4 is 17.2 Å². The highest BCUT2D eigenvalue weighted by Gasteiger charge is 2.34. The van der Waals surface area contributed by atoms with Crippen LogP contribution < -0.4 is 10.6 Å². The highest BCUT2D eigenvalue weighted by atomic mass is 32.1. The Bertz CT molecular complexity index is 413. The Kier molecular flexibility index (Phi) is 3.70. The van der Waals surface area contributed by atoms with Crippen molar-refractivity contribution in [3.8, 4) is 0 Å². The molecular formula is C12H19N3O2S. The van der Waals surface area contributed by atoms with Crippen LogP contribution in [0.5, 0.6) is 0 Å². The first kappa shape index (κ1) is 13.5. The van der Waals surface area contributed by atoms with Gasteiger partial charge in [-0.15, -0.1) is 11.3 Å². The molecule has 1 fully saturated rings. The van der Waals surface area contributed by atoms with Crippen molar-refractivity contribution in [2.45, 2.75) is 31.9 Å². The number of carbonyl (C=O) groups is 1. The van der Waals surface area contributed by atoms with E-state index in [0.717, 1.165) is 18.1 Å². The Balaban J connectivity index is 1.83. The third-order valence-electron chi connectivity index (χ3n) is 2.97. The van der Waals surface area contributed by atoms with Gasteiger partial charge in [-0.1, -0.05) is 0 Å². The van der Waals surface area contributed by atoms with E-state index in [0.29, 0.717) is 0 Å². The van der Waals surface area contributed by atoms with Crippen molar-refractivity contribution < 1.29 is 9.53 Å². The van der Waals surface area contributed by atoms with E-state index in [-0.39, 0.29) is 18.1 Å². The summed E-state index contributed by atoms with van der Waals surface area (Å²) in [4.78, 5) is 16.1. The largest absolute Gasteiger partial charge is 0.363 e. The van der Waals surface area contributed by atoms with Gasteiger partial charge in [0, 0.05) is 24.7 Å². The number of nitrogens with one attached hydrogen (secondary N) is 2. The molecule has 0 bridgehead atoms. The monoisotopic (exact) mass is 269 g/mol. The average Bonchev–Trinajstić information content (AvgIpc) is 2.77. The molecule has 1 aromatic heterocycles. The van der Waals surface area contributed by atoms with Gasteiger partial charge in [0.15, 0.2) is 0 Å². The Morgan fingerprint density at radius 2 is 2.39 bits per heavy atom. The third kappa shape index (κ3) is 3.07. The molecule has 0 atom stereocenters. The van der Waals surface area contributed by atoms with Crippen molar-refractivity contribution in [2.75, 3.05) is 19.7 Å². The zero-order valence-electron chi connectivity index (χ0n) is 10.9. The van der Waals surface area contributed by atoms with E-state index < -0.39 is 5.54 Å². The minimum atomic E-state index is -0.451. The molecule has 6 heteroatoms. The number of rotatable bonds is 5. The summed E-state index contributed by atoms with van der Waals surface area (Å²) in [5.41, 5.74) is -0.643. The molecule has 1 aliphatic heterocycles. The second-order valence-corrected chi connectivity index (χ2v) is 6.25. The van der Waals surface area contributed by atoms with Gasteiger partial charge in [-0.3, -0.25) is 4.79 Å². The van der Waals surface area contributed by atoms with Crippen molar-refractivity contribution in [1.82, 2.24) is 15.6 Å². The summed E-state index contributed by atoms with van der Waals surface area (Å²) in [5.74, 6) is -0.108. The normalized spacial score (nSPS) is 18.2. The molecule has 1 saturated heterocycles. The van der Waals surface area contributed by atoms with E-state index in [1.54, 1.807) is 6.20 Å².